The Kier molecular flexibility index (Phi) is 47.7. The summed E-state index contributed by atoms with van der Waals surface area (Å²) >= 11 is 2.05. The van der Waals surface area contributed by atoms with Crippen molar-refractivity contribution in [3.05, 3.63) is 99.1 Å². The predicted molar refractivity (Wildman–Crippen MR) is 343 cm³/mol. The monoisotopic (exact) mass is 1100 g/mol. The molecule has 0 fully saturated rings. The normalized spacial score (nSPS) is 12.7. The zero-order chi connectivity index (χ0) is 55.5. The van der Waals surface area contributed by atoms with Crippen molar-refractivity contribution in [3.63, 3.8) is 0 Å². The first-order valence-electron chi connectivity index (χ1n) is 34.0. The van der Waals surface area contributed by atoms with E-state index in [0.29, 0.717) is 0 Å². The van der Waals surface area contributed by atoms with E-state index >= 15 is 0 Å². The van der Waals surface area contributed by atoms with Crippen LogP contribution in [0.3, 0.4) is 0 Å². The number of rotatable bonds is 52. The van der Waals surface area contributed by atoms with Crippen molar-refractivity contribution in [3.8, 4) is 0 Å². The van der Waals surface area contributed by atoms with Gasteiger partial charge >= 0.3 is 166 Å². The Labute approximate surface area is 487 Å². The number of hydrogen-bond acceptors (Lipinski definition) is 0. The van der Waals surface area contributed by atoms with Gasteiger partial charge in [-0.25, -0.2) is 4.70 Å². The Morgan fingerprint density at radius 1 is 0.338 bits per heavy atom. The minimum Gasteiger partial charge on any atom is -0.0654 e. The quantitative estimate of drug-likeness (QED) is 0.0358. The molecule has 0 bridgehead atoms. The molecule has 1 heterocycles. The van der Waals surface area contributed by atoms with Gasteiger partial charge in [0.1, 0.15) is 0 Å². The fourth-order valence-corrected chi connectivity index (χ4v) is 12.8. The third kappa shape index (κ3) is 39.7. The number of unbranched alkanes of at least 4 members (excludes halogenated alkanes) is 44. The molecular weight excluding hydrogens is 976 g/mol. The molecule has 0 spiro atoms. The molecule has 444 valence electrons. The average Bonchev–Trinajstić information content (AvgIpc) is 3.76. The van der Waals surface area contributed by atoms with Crippen LogP contribution in [0.1, 0.15) is 356 Å². The first kappa shape index (κ1) is 70.9. The Hall–Kier alpha value is -2.25. The molecule has 0 saturated heterocycles. The summed E-state index contributed by atoms with van der Waals surface area (Å²) in [7, 11) is 0. The van der Waals surface area contributed by atoms with E-state index in [9.17, 15) is 5.53 Å². The van der Waals surface area contributed by atoms with Crippen LogP contribution < -0.4 is 0 Å². The summed E-state index contributed by atoms with van der Waals surface area (Å²) in [5.74, 6) is 0. The second-order valence-corrected chi connectivity index (χ2v) is 25.7. The van der Waals surface area contributed by atoms with Crippen molar-refractivity contribution in [2.75, 3.05) is 0 Å². The van der Waals surface area contributed by atoms with Crippen LogP contribution in [-0.4, -0.2) is 4.70 Å². The third-order valence-corrected chi connectivity index (χ3v) is 17.6. The van der Waals surface area contributed by atoms with Crippen LogP contribution in [0.25, 0.3) is 16.9 Å². The molecule has 0 aromatic heterocycles. The Morgan fingerprint density at radius 2 is 0.597 bits per heavy atom. The van der Waals surface area contributed by atoms with Crippen molar-refractivity contribution in [1.82, 2.24) is 0 Å². The van der Waals surface area contributed by atoms with Crippen molar-refractivity contribution < 1.29 is 19.1 Å². The van der Waals surface area contributed by atoms with Gasteiger partial charge in [0.05, 0.1) is 5.57 Å². The fraction of sp³-hybridized carbons (Fsp3) is 0.757. The molecule has 0 aliphatic carbocycles. The van der Waals surface area contributed by atoms with Gasteiger partial charge in [0.15, 0.2) is 0 Å². The molecule has 3 rings (SSSR count). The van der Waals surface area contributed by atoms with Crippen LogP contribution in [0.2, 0.25) is 10.8 Å². The average molecular weight is 1100 g/mol. The van der Waals surface area contributed by atoms with Crippen LogP contribution in [0.4, 0.5) is 0 Å². The van der Waals surface area contributed by atoms with E-state index in [-0.39, 0.29) is 0 Å². The molecule has 77 heavy (non-hydrogen) atoms. The van der Waals surface area contributed by atoms with E-state index in [2.05, 4.69) is 118 Å². The number of benzene rings is 2. The maximum absolute atomic E-state index is 11.2. The van der Waals surface area contributed by atoms with E-state index in [1.54, 1.807) is 0 Å². The molecule has 3 heteroatoms. The summed E-state index contributed by atoms with van der Waals surface area (Å²) in [6.07, 6.45) is 75.1. The second kappa shape index (κ2) is 51.9. The number of nitrogens with zero attached hydrogens (tertiary/aromatic N) is 2. The number of hydrogen-bond donors (Lipinski definition) is 0. The molecule has 0 amide bonds. The van der Waals surface area contributed by atoms with Crippen LogP contribution in [0.5, 0.6) is 0 Å². The standard InChI is InChI=1S/C26H30N2.2C24H49.Ni/c1-6-7-8-9-10-22-17-25(23-13-18(2)11-19(3)14-23)28(27)26(22)24-15-20(4)12-21(5)16-24;2*1-3-5-7-9-11-13-15-17-19-21-23-24-22-20-18-16-14-12-10-8-6-4-2;/h9-17H,6-8H2,1-5H3;2*1,3-24H2,2H3;. The molecule has 0 unspecified atom stereocenters. The summed E-state index contributed by atoms with van der Waals surface area (Å²) in [5.41, 5.74) is 20.8. The van der Waals surface area contributed by atoms with Crippen molar-refractivity contribution in [2.45, 2.75) is 361 Å². The van der Waals surface area contributed by atoms with Crippen LogP contribution in [0.15, 0.2) is 60.2 Å². The topological polar surface area (TPSA) is 25.3 Å². The van der Waals surface area contributed by atoms with Crippen LogP contribution in [-0.2, 0) is 14.4 Å². The zero-order valence-electron chi connectivity index (χ0n) is 52.6. The van der Waals surface area contributed by atoms with Gasteiger partial charge in [-0.2, -0.15) is 0 Å². The number of allylic oxidation sites excluding steroid dienone is 4. The second-order valence-electron chi connectivity index (χ2n) is 24.3. The smallest absolute Gasteiger partial charge is 0.0654 e. The van der Waals surface area contributed by atoms with Gasteiger partial charge in [-0.05, 0) is 58.4 Å². The predicted octanol–water partition coefficient (Wildman–Crippen LogP) is 26.6. The molecule has 1 aliphatic rings. The van der Waals surface area contributed by atoms with E-state index < -0.39 is 0 Å². The SMILES string of the molecule is CCCCC=CC1=C(c2cc(C)cc(C)c2)[N+](=[N-])C(c2cc(C)cc(C)c2)=C1.CCCCCCCCCCCCCCCCCCCCCCC[CH2][Ni][CH2]CCCCCCCCCCCCCCCCCCCCCCC. The molecule has 1 aliphatic heterocycles. The van der Waals surface area contributed by atoms with Gasteiger partial charge < -0.3 is 5.53 Å². The summed E-state index contributed by atoms with van der Waals surface area (Å²) in [6, 6.07) is 12.9. The van der Waals surface area contributed by atoms with Gasteiger partial charge in [-0.1, -0.05) is 221 Å². The first-order valence-corrected chi connectivity index (χ1v) is 35.4. The molecule has 0 radical (unpaired) electrons. The van der Waals surface area contributed by atoms with Gasteiger partial charge in [0.25, 0.3) is 0 Å². The van der Waals surface area contributed by atoms with E-state index in [1.807, 2.05) is 0 Å². The molecule has 2 aromatic rings. The molecule has 0 saturated carbocycles. The first-order chi connectivity index (χ1) is 37.8. The van der Waals surface area contributed by atoms with Crippen molar-refractivity contribution in [2.24, 2.45) is 0 Å². The molecule has 0 N–H and O–H groups in total. The molecule has 2 aromatic carbocycles. The van der Waals surface area contributed by atoms with E-state index in [4.69, 9.17) is 0 Å². The summed E-state index contributed by atoms with van der Waals surface area (Å²) in [4.78, 5) is 0. The molecule has 0 atom stereocenters. The maximum atomic E-state index is 11.2. The Balaban J connectivity index is 0.000000605. The van der Waals surface area contributed by atoms with Gasteiger partial charge in [-0.3, -0.25) is 0 Å². The van der Waals surface area contributed by atoms with Gasteiger partial charge in [0.2, 0.25) is 11.4 Å². The fourth-order valence-electron chi connectivity index (χ4n) is 11.5. The zero-order valence-corrected chi connectivity index (χ0v) is 53.5. The van der Waals surface area contributed by atoms with Crippen molar-refractivity contribution >= 4 is 11.4 Å². The van der Waals surface area contributed by atoms with Crippen LogP contribution >= 0.6 is 0 Å². The van der Waals surface area contributed by atoms with E-state index in [0.717, 1.165) is 34.5 Å². The van der Waals surface area contributed by atoms with Crippen molar-refractivity contribution in [1.29, 1.82) is 0 Å². The minimum atomic E-state index is 0.830. The van der Waals surface area contributed by atoms with E-state index in [1.165, 1.54) is 333 Å². The summed E-state index contributed by atoms with van der Waals surface area (Å²) in [5, 5.41) is 2.87. The third-order valence-electron chi connectivity index (χ3n) is 16.2. The van der Waals surface area contributed by atoms with Gasteiger partial charge in [-0.15, -0.1) is 0 Å². The van der Waals surface area contributed by atoms with Gasteiger partial charge in [0, 0.05) is 17.2 Å². The summed E-state index contributed by atoms with van der Waals surface area (Å²) in [6.45, 7) is 15.2. The Bertz CT molecular complexity index is 1690. The minimum absolute atomic E-state index is 0.830. The number of aryl methyl sites for hydroxylation is 4. The molecule has 2 nitrogen and oxygen atoms in total. The Morgan fingerprint density at radius 3 is 0.883 bits per heavy atom. The van der Waals surface area contributed by atoms with Crippen LogP contribution in [0, 0.1) is 27.7 Å². The summed E-state index contributed by atoms with van der Waals surface area (Å²) < 4.78 is 1.36. The molecular formula is C74H128N2Ni.